The normalized spacial score (nSPS) is 11.0. The Morgan fingerprint density at radius 1 is 1.33 bits per heavy atom. The van der Waals surface area contributed by atoms with Crippen LogP contribution < -0.4 is 0 Å². The molecule has 0 aliphatic rings. The molecule has 0 saturated heterocycles. The Hall–Kier alpha value is -1.75. The van der Waals surface area contributed by atoms with Crippen molar-refractivity contribution in [2.24, 2.45) is 0 Å². The SMILES string of the molecule is Cc1ccc(-c2nc3ncncc3[nH]2)s1. The predicted octanol–water partition coefficient (Wildman–Crippen LogP) is 2.39. The number of nitrogens with one attached hydrogen (secondary N) is 1. The molecule has 0 atom stereocenters. The molecule has 0 radical (unpaired) electrons. The number of hydrogen-bond donors (Lipinski definition) is 1. The highest BCUT2D eigenvalue weighted by atomic mass is 32.1. The predicted molar refractivity (Wildman–Crippen MR) is 59.7 cm³/mol. The highest BCUT2D eigenvalue weighted by Crippen LogP contribution is 2.26. The van der Waals surface area contributed by atoms with Gasteiger partial charge in [0.25, 0.3) is 0 Å². The molecule has 3 heterocycles. The smallest absolute Gasteiger partial charge is 0.181 e. The molecule has 4 nitrogen and oxygen atoms in total. The molecule has 3 rings (SSSR count). The maximum absolute atomic E-state index is 4.40. The van der Waals surface area contributed by atoms with Gasteiger partial charge in [-0.05, 0) is 19.1 Å². The van der Waals surface area contributed by atoms with E-state index in [9.17, 15) is 0 Å². The number of rotatable bonds is 1. The third-order valence-electron chi connectivity index (χ3n) is 2.14. The van der Waals surface area contributed by atoms with Gasteiger partial charge in [-0.3, -0.25) is 0 Å². The number of H-pyrrole nitrogens is 1. The van der Waals surface area contributed by atoms with E-state index in [0.29, 0.717) is 5.65 Å². The largest absolute Gasteiger partial charge is 0.335 e. The topological polar surface area (TPSA) is 54.5 Å². The minimum atomic E-state index is 0.714. The summed E-state index contributed by atoms with van der Waals surface area (Å²) in [5.74, 6) is 0.864. The summed E-state index contributed by atoms with van der Waals surface area (Å²) >= 11 is 1.71. The summed E-state index contributed by atoms with van der Waals surface area (Å²) in [6.07, 6.45) is 3.24. The van der Waals surface area contributed by atoms with E-state index in [1.54, 1.807) is 17.5 Å². The number of nitrogens with zero attached hydrogens (tertiary/aromatic N) is 3. The first-order valence-corrected chi connectivity index (χ1v) is 5.37. The maximum atomic E-state index is 4.40. The third-order valence-corrected chi connectivity index (χ3v) is 3.14. The summed E-state index contributed by atoms with van der Waals surface area (Å²) in [4.78, 5) is 18.0. The lowest BCUT2D eigenvalue weighted by Crippen LogP contribution is -1.76. The van der Waals surface area contributed by atoms with E-state index >= 15 is 0 Å². The number of aromatic nitrogens is 4. The molecule has 0 fully saturated rings. The van der Waals surface area contributed by atoms with Crippen LogP contribution in [-0.4, -0.2) is 19.9 Å². The van der Waals surface area contributed by atoms with Gasteiger partial charge in [0.05, 0.1) is 11.1 Å². The highest BCUT2D eigenvalue weighted by Gasteiger charge is 2.07. The fourth-order valence-electron chi connectivity index (χ4n) is 1.44. The Bertz CT molecular complexity index is 577. The summed E-state index contributed by atoms with van der Waals surface area (Å²) in [7, 11) is 0. The molecule has 0 aliphatic heterocycles. The molecule has 1 N–H and O–H groups in total. The van der Waals surface area contributed by atoms with Crippen LogP contribution >= 0.6 is 11.3 Å². The van der Waals surface area contributed by atoms with E-state index in [2.05, 4.69) is 39.0 Å². The van der Waals surface area contributed by atoms with Gasteiger partial charge in [-0.15, -0.1) is 11.3 Å². The van der Waals surface area contributed by atoms with Gasteiger partial charge in [0.15, 0.2) is 11.5 Å². The van der Waals surface area contributed by atoms with Crippen molar-refractivity contribution >= 4 is 22.5 Å². The second-order valence-corrected chi connectivity index (χ2v) is 4.54. The van der Waals surface area contributed by atoms with E-state index in [0.717, 1.165) is 16.2 Å². The van der Waals surface area contributed by atoms with Crippen molar-refractivity contribution in [3.8, 4) is 10.7 Å². The van der Waals surface area contributed by atoms with Crippen LogP contribution in [-0.2, 0) is 0 Å². The molecule has 3 aromatic rings. The van der Waals surface area contributed by atoms with Crippen LogP contribution in [0.2, 0.25) is 0 Å². The second kappa shape index (κ2) is 3.13. The van der Waals surface area contributed by atoms with Crippen molar-refractivity contribution in [2.75, 3.05) is 0 Å². The van der Waals surface area contributed by atoms with Crippen molar-refractivity contribution in [3.05, 3.63) is 29.5 Å². The van der Waals surface area contributed by atoms with Crippen LogP contribution in [0, 0.1) is 6.92 Å². The first-order chi connectivity index (χ1) is 7.33. The van der Waals surface area contributed by atoms with Crippen LogP contribution in [0.1, 0.15) is 4.88 Å². The average Bonchev–Trinajstić information content (AvgIpc) is 2.82. The van der Waals surface area contributed by atoms with Crippen molar-refractivity contribution < 1.29 is 0 Å². The van der Waals surface area contributed by atoms with Crippen molar-refractivity contribution in [1.29, 1.82) is 0 Å². The summed E-state index contributed by atoms with van der Waals surface area (Å²) in [6, 6.07) is 4.14. The molecule has 15 heavy (non-hydrogen) atoms. The summed E-state index contributed by atoms with van der Waals surface area (Å²) in [5, 5.41) is 0. The molecule has 0 spiro atoms. The van der Waals surface area contributed by atoms with E-state index in [-0.39, 0.29) is 0 Å². The standard InChI is InChI=1S/C10H8N4S/c1-6-2-3-8(15-6)10-13-7-4-11-5-12-9(7)14-10/h2-5H,1H3,(H,11,12,13,14). The molecule has 0 aromatic carbocycles. The van der Waals surface area contributed by atoms with Crippen LogP contribution in [0.25, 0.3) is 21.9 Å². The minimum absolute atomic E-state index is 0.714. The molecule has 5 heteroatoms. The maximum Gasteiger partial charge on any atom is 0.181 e. The molecular formula is C10H8N4S. The molecule has 3 aromatic heterocycles. The van der Waals surface area contributed by atoms with E-state index < -0.39 is 0 Å². The summed E-state index contributed by atoms with van der Waals surface area (Å²) in [5.41, 5.74) is 1.59. The van der Waals surface area contributed by atoms with Crippen LogP contribution in [0.15, 0.2) is 24.7 Å². The van der Waals surface area contributed by atoms with E-state index in [1.165, 1.54) is 11.2 Å². The Labute approximate surface area is 90.0 Å². The van der Waals surface area contributed by atoms with Crippen molar-refractivity contribution in [2.45, 2.75) is 6.92 Å². The Kier molecular flexibility index (Phi) is 1.78. The molecule has 74 valence electrons. The zero-order valence-electron chi connectivity index (χ0n) is 8.06. The van der Waals surface area contributed by atoms with Gasteiger partial charge in [0.2, 0.25) is 0 Å². The van der Waals surface area contributed by atoms with E-state index in [1.807, 2.05) is 0 Å². The van der Waals surface area contributed by atoms with Crippen LogP contribution in [0.3, 0.4) is 0 Å². The quantitative estimate of drug-likeness (QED) is 0.679. The zero-order chi connectivity index (χ0) is 10.3. The first kappa shape index (κ1) is 8.55. The first-order valence-electron chi connectivity index (χ1n) is 4.55. The average molecular weight is 216 g/mol. The lowest BCUT2D eigenvalue weighted by molar-refractivity contribution is 1.20. The summed E-state index contributed by atoms with van der Waals surface area (Å²) < 4.78 is 0. The van der Waals surface area contributed by atoms with Gasteiger partial charge in [0.1, 0.15) is 11.8 Å². The van der Waals surface area contributed by atoms with Gasteiger partial charge in [-0.1, -0.05) is 0 Å². The van der Waals surface area contributed by atoms with Gasteiger partial charge >= 0.3 is 0 Å². The molecular weight excluding hydrogens is 208 g/mol. The monoisotopic (exact) mass is 216 g/mol. The van der Waals surface area contributed by atoms with Crippen molar-refractivity contribution in [3.63, 3.8) is 0 Å². The van der Waals surface area contributed by atoms with Crippen molar-refractivity contribution in [1.82, 2.24) is 19.9 Å². The lowest BCUT2D eigenvalue weighted by atomic mass is 10.4. The van der Waals surface area contributed by atoms with Gasteiger partial charge in [-0.2, -0.15) is 0 Å². The lowest BCUT2D eigenvalue weighted by Gasteiger charge is -1.86. The van der Waals surface area contributed by atoms with Gasteiger partial charge in [-0.25, -0.2) is 15.0 Å². The molecule has 0 bridgehead atoms. The highest BCUT2D eigenvalue weighted by molar-refractivity contribution is 7.15. The molecule has 0 amide bonds. The number of thiophene rings is 1. The number of aromatic amines is 1. The second-order valence-electron chi connectivity index (χ2n) is 3.26. The Morgan fingerprint density at radius 3 is 3.00 bits per heavy atom. The van der Waals surface area contributed by atoms with E-state index in [4.69, 9.17) is 0 Å². The minimum Gasteiger partial charge on any atom is -0.335 e. The molecule has 0 unspecified atom stereocenters. The van der Waals surface area contributed by atoms with Gasteiger partial charge in [0, 0.05) is 4.88 Å². The number of fused-ring (bicyclic) bond motifs is 1. The van der Waals surface area contributed by atoms with Crippen LogP contribution in [0.4, 0.5) is 0 Å². The number of aryl methyl sites for hydroxylation is 1. The summed E-state index contributed by atoms with van der Waals surface area (Å²) in [6.45, 7) is 2.08. The fraction of sp³-hybridized carbons (Fsp3) is 0.100. The fourth-order valence-corrected chi connectivity index (χ4v) is 2.25. The zero-order valence-corrected chi connectivity index (χ0v) is 8.88. The number of hydrogen-bond acceptors (Lipinski definition) is 4. The third kappa shape index (κ3) is 1.41. The van der Waals surface area contributed by atoms with Crippen LogP contribution in [0.5, 0.6) is 0 Å². The Morgan fingerprint density at radius 2 is 2.27 bits per heavy atom. The Balaban J connectivity index is 2.19. The molecule has 0 saturated carbocycles. The number of imidazole rings is 1. The molecule has 0 aliphatic carbocycles. The van der Waals surface area contributed by atoms with Gasteiger partial charge < -0.3 is 4.98 Å².